The van der Waals surface area contributed by atoms with Gasteiger partial charge in [0, 0.05) is 86.9 Å². The molecule has 0 aliphatic rings. The van der Waals surface area contributed by atoms with Gasteiger partial charge in [0.25, 0.3) is 0 Å². The molecule has 0 rings (SSSR count). The van der Waals surface area contributed by atoms with Crippen molar-refractivity contribution in [3.05, 3.63) is 0 Å². The van der Waals surface area contributed by atoms with Gasteiger partial charge in [0.2, 0.25) is 0 Å². The molecule has 0 bridgehead atoms. The number of hydrogen-bond acceptors (Lipinski definition) is 0. The average molecular weight is 302 g/mol. The van der Waals surface area contributed by atoms with E-state index in [1.54, 1.807) is 0 Å². The zero-order chi connectivity index (χ0) is 0. The standard InChI is InChI=1S/Co.Cu.Mn.Ni.Zn. The predicted molar refractivity (Wildman–Crippen MR) is 0 cm³/mol. The summed E-state index contributed by atoms with van der Waals surface area (Å²) in [5, 5.41) is 0. The average Bonchev–Trinajstić information content (AvgIpc) is 0. The van der Waals surface area contributed by atoms with Gasteiger partial charge in [-0.05, 0) is 0 Å². The van der Waals surface area contributed by atoms with E-state index in [0.29, 0.717) is 0 Å². The Morgan fingerprint density at radius 3 is 1.00 bits per heavy atom. The van der Waals surface area contributed by atoms with Crippen LogP contribution in [0.5, 0.6) is 0 Å². The van der Waals surface area contributed by atoms with E-state index in [4.69, 9.17) is 0 Å². The molecule has 0 aromatic carbocycles. The van der Waals surface area contributed by atoms with Gasteiger partial charge in [-0.3, -0.25) is 0 Å². The van der Waals surface area contributed by atoms with Crippen LogP contribution in [0.4, 0.5) is 0 Å². The molecule has 0 N–H and O–H groups in total. The molecule has 39 valence electrons. The first-order chi connectivity index (χ1) is 0. The van der Waals surface area contributed by atoms with Crippen LogP contribution in [0, 0.1) is 0 Å². The minimum absolute atomic E-state index is 0. The van der Waals surface area contributed by atoms with Crippen LogP contribution < -0.4 is 0 Å². The Morgan fingerprint density at radius 2 is 1.00 bits per heavy atom. The van der Waals surface area contributed by atoms with Gasteiger partial charge in [0.15, 0.2) is 0 Å². The van der Waals surface area contributed by atoms with Gasteiger partial charge in [-0.15, -0.1) is 0 Å². The van der Waals surface area contributed by atoms with E-state index in [0.717, 1.165) is 0 Å². The van der Waals surface area contributed by atoms with Crippen LogP contribution in [0.3, 0.4) is 0 Å². The van der Waals surface area contributed by atoms with Gasteiger partial charge in [0.1, 0.15) is 0 Å². The summed E-state index contributed by atoms with van der Waals surface area (Å²) < 4.78 is 0. The molecule has 0 aliphatic heterocycles. The van der Waals surface area contributed by atoms with E-state index < -0.39 is 0 Å². The molecule has 5 heteroatoms. The summed E-state index contributed by atoms with van der Waals surface area (Å²) >= 11 is 0. The van der Waals surface area contributed by atoms with E-state index in [1.165, 1.54) is 0 Å². The van der Waals surface area contributed by atoms with E-state index in [1.807, 2.05) is 0 Å². The van der Waals surface area contributed by atoms with Crippen molar-refractivity contribution in [1.29, 1.82) is 0 Å². The van der Waals surface area contributed by atoms with Crippen LogP contribution in [-0.2, 0) is 86.9 Å². The summed E-state index contributed by atoms with van der Waals surface area (Å²) in [6, 6.07) is 0. The van der Waals surface area contributed by atoms with Gasteiger partial charge in [-0.1, -0.05) is 0 Å². The van der Waals surface area contributed by atoms with E-state index in [2.05, 4.69) is 0 Å². The first-order valence-electron chi connectivity index (χ1n) is 0. The van der Waals surface area contributed by atoms with Gasteiger partial charge in [-0.25, -0.2) is 0 Å². The number of rotatable bonds is 0. The summed E-state index contributed by atoms with van der Waals surface area (Å²) in [7, 11) is 0. The van der Waals surface area contributed by atoms with Gasteiger partial charge < -0.3 is 0 Å². The smallest absolute Gasteiger partial charge is 0 e. The normalized spacial score (nSPS) is 0. The van der Waals surface area contributed by atoms with Crippen LogP contribution in [0.2, 0.25) is 0 Å². The van der Waals surface area contributed by atoms with E-state index in [9.17, 15) is 0 Å². The van der Waals surface area contributed by atoms with Crippen LogP contribution >= 0.6 is 0 Å². The third kappa shape index (κ3) is 20.4. The SMILES string of the molecule is [Co].[Cu].[Mn].[Ni].[Zn]. The Balaban J connectivity index is 0. The maximum absolute atomic E-state index is 0. The van der Waals surface area contributed by atoms with E-state index in [-0.39, 0.29) is 86.9 Å². The molecular weight excluding hydrogens is 302 g/mol. The molecule has 0 spiro atoms. The molecule has 0 atom stereocenters. The molecule has 5 heavy (non-hydrogen) atoms. The van der Waals surface area contributed by atoms with Crippen molar-refractivity contribution in [2.45, 2.75) is 0 Å². The zero-order valence-corrected chi connectivity index (χ0v) is 9.15. The summed E-state index contributed by atoms with van der Waals surface area (Å²) in [5.74, 6) is 0. The largest absolute Gasteiger partial charge is 0 e. The van der Waals surface area contributed by atoms with E-state index >= 15 is 0 Å². The Morgan fingerprint density at radius 1 is 1.00 bits per heavy atom. The van der Waals surface area contributed by atoms with Crippen molar-refractivity contribution >= 4 is 0 Å². The third-order valence-electron chi connectivity index (χ3n) is 0. The molecule has 0 fully saturated rings. The molecular formula is CoCuMnNiZn. The second-order valence-corrected chi connectivity index (χ2v) is 0. The molecule has 0 amide bonds. The van der Waals surface area contributed by atoms with Gasteiger partial charge in [-0.2, -0.15) is 0 Å². The molecule has 0 nitrogen and oxygen atoms in total. The topological polar surface area (TPSA) is 0 Å². The fraction of sp³-hybridized carbons (Fsp3) is 0. The summed E-state index contributed by atoms with van der Waals surface area (Å²) in [4.78, 5) is 0. The summed E-state index contributed by atoms with van der Waals surface area (Å²) in [6.45, 7) is 0. The monoisotopic (exact) mass is 299 g/mol. The van der Waals surface area contributed by atoms with Gasteiger partial charge >= 0.3 is 0 Å². The first kappa shape index (κ1) is 48.0. The van der Waals surface area contributed by atoms with Crippen molar-refractivity contribution < 1.29 is 86.9 Å². The van der Waals surface area contributed by atoms with Crippen LogP contribution in [-0.4, -0.2) is 0 Å². The quantitative estimate of drug-likeness (QED) is 0.552. The Labute approximate surface area is 85.8 Å². The maximum Gasteiger partial charge on any atom is 0 e. The zero-order valence-electron chi connectivity index (χ0n) is 2.04. The molecule has 3 radical (unpaired) electrons. The fourth-order valence-corrected chi connectivity index (χ4v) is 0. The summed E-state index contributed by atoms with van der Waals surface area (Å²) in [6.07, 6.45) is 0. The van der Waals surface area contributed by atoms with Crippen molar-refractivity contribution in [2.24, 2.45) is 0 Å². The molecule has 0 aliphatic carbocycles. The third-order valence-corrected chi connectivity index (χ3v) is 0. The molecule has 0 aromatic heterocycles. The fourth-order valence-electron chi connectivity index (χ4n) is 0. The molecule has 0 heterocycles. The van der Waals surface area contributed by atoms with Gasteiger partial charge in [0.05, 0.1) is 0 Å². The first-order valence-corrected chi connectivity index (χ1v) is 0. The van der Waals surface area contributed by atoms with Crippen LogP contribution in [0.1, 0.15) is 0 Å². The Bertz CT molecular complexity index is 11.6. The molecule has 0 saturated carbocycles. The van der Waals surface area contributed by atoms with Crippen LogP contribution in [0.25, 0.3) is 0 Å². The molecule has 0 saturated heterocycles. The van der Waals surface area contributed by atoms with Crippen molar-refractivity contribution in [3.63, 3.8) is 0 Å². The predicted octanol–water partition coefficient (Wildman–Crippen LogP) is -0.0125. The second kappa shape index (κ2) is 30.1. The second-order valence-electron chi connectivity index (χ2n) is 0. The molecule has 0 aromatic rings. The minimum Gasteiger partial charge on any atom is 0 e. The Hall–Kier alpha value is 2.66. The minimum atomic E-state index is 0. The Kier molecular flexibility index (Phi) is 289. The maximum atomic E-state index is 0. The van der Waals surface area contributed by atoms with Crippen molar-refractivity contribution in [3.8, 4) is 0 Å². The van der Waals surface area contributed by atoms with Crippen LogP contribution in [0.15, 0.2) is 0 Å². The molecule has 0 unspecified atom stereocenters. The van der Waals surface area contributed by atoms with Crippen molar-refractivity contribution in [2.75, 3.05) is 0 Å². The summed E-state index contributed by atoms with van der Waals surface area (Å²) in [5.41, 5.74) is 0. The number of hydrogen-bond donors (Lipinski definition) is 0. The van der Waals surface area contributed by atoms with Crippen molar-refractivity contribution in [1.82, 2.24) is 0 Å².